The number of halogens is 2. The Bertz CT molecular complexity index is 624. The molecular weight excluding hydrogens is 355 g/mol. The van der Waals surface area contributed by atoms with Crippen LogP contribution in [0, 0.1) is 0 Å². The first-order valence-corrected chi connectivity index (χ1v) is 10.9. The molecular formula is C20H24Cl2OSi. The summed E-state index contributed by atoms with van der Waals surface area (Å²) in [5, 5.41) is 3.10. The standard InChI is InChI=1S/C20H24Cl2OSi/c1-20(2,3)24(18-10-6-4-7-11-18,19-12-8-5-9-13-19)23-16-17(22)14-15-21/h4-14H,15-16H2,1-3H3/b17-14-. The van der Waals surface area contributed by atoms with E-state index in [4.69, 9.17) is 27.6 Å². The molecule has 2 rings (SSSR count). The fourth-order valence-electron chi connectivity index (χ4n) is 3.08. The molecule has 1 nitrogen and oxygen atoms in total. The van der Waals surface area contributed by atoms with E-state index in [0.29, 0.717) is 17.5 Å². The zero-order chi connectivity index (χ0) is 17.6. The lowest BCUT2D eigenvalue weighted by Crippen LogP contribution is -2.66. The van der Waals surface area contributed by atoms with Crippen molar-refractivity contribution < 1.29 is 4.43 Å². The van der Waals surface area contributed by atoms with Crippen LogP contribution in [0.4, 0.5) is 0 Å². The van der Waals surface area contributed by atoms with Gasteiger partial charge in [0, 0.05) is 10.9 Å². The predicted octanol–water partition coefficient (Wildman–Crippen LogP) is 4.92. The molecule has 0 aromatic heterocycles. The molecule has 0 heterocycles. The minimum absolute atomic E-state index is 0.0478. The van der Waals surface area contributed by atoms with Gasteiger partial charge in [0.25, 0.3) is 8.32 Å². The van der Waals surface area contributed by atoms with Gasteiger partial charge in [-0.3, -0.25) is 0 Å². The zero-order valence-corrected chi connectivity index (χ0v) is 16.9. The predicted molar refractivity (Wildman–Crippen MR) is 108 cm³/mol. The number of benzene rings is 2. The zero-order valence-electron chi connectivity index (χ0n) is 14.4. The van der Waals surface area contributed by atoms with Gasteiger partial charge in [0.2, 0.25) is 0 Å². The van der Waals surface area contributed by atoms with Gasteiger partial charge in [-0.1, -0.05) is 99.1 Å². The third-order valence-corrected chi connectivity index (χ3v) is 9.54. The fourth-order valence-corrected chi connectivity index (χ4v) is 8.10. The van der Waals surface area contributed by atoms with E-state index in [1.165, 1.54) is 10.4 Å². The molecule has 2 aromatic carbocycles. The van der Waals surface area contributed by atoms with Crippen LogP contribution in [-0.2, 0) is 4.43 Å². The number of allylic oxidation sites excluding steroid dienone is 1. The van der Waals surface area contributed by atoms with Gasteiger partial charge in [0.15, 0.2) is 0 Å². The highest BCUT2D eigenvalue weighted by Crippen LogP contribution is 2.37. The average molecular weight is 379 g/mol. The minimum atomic E-state index is -2.51. The second kappa shape index (κ2) is 8.35. The number of hydrogen-bond donors (Lipinski definition) is 0. The molecule has 0 fully saturated rings. The molecule has 0 spiro atoms. The molecule has 0 radical (unpaired) electrons. The summed E-state index contributed by atoms with van der Waals surface area (Å²) in [6.07, 6.45) is 1.79. The van der Waals surface area contributed by atoms with Crippen LogP contribution < -0.4 is 10.4 Å². The van der Waals surface area contributed by atoms with Crippen molar-refractivity contribution in [3.8, 4) is 0 Å². The van der Waals surface area contributed by atoms with E-state index in [1.807, 2.05) is 12.1 Å². The van der Waals surface area contributed by atoms with Gasteiger partial charge in [0.05, 0.1) is 6.61 Å². The Morgan fingerprint density at radius 2 is 1.42 bits per heavy atom. The van der Waals surface area contributed by atoms with Crippen molar-refractivity contribution in [3.05, 3.63) is 71.8 Å². The molecule has 0 unspecified atom stereocenters. The van der Waals surface area contributed by atoms with E-state index in [1.54, 1.807) is 6.08 Å². The molecule has 0 saturated carbocycles. The van der Waals surface area contributed by atoms with E-state index in [9.17, 15) is 0 Å². The van der Waals surface area contributed by atoms with E-state index >= 15 is 0 Å². The summed E-state index contributed by atoms with van der Waals surface area (Å²) in [5.41, 5.74) is 0. The smallest absolute Gasteiger partial charge is 0.261 e. The molecule has 24 heavy (non-hydrogen) atoms. The maximum absolute atomic E-state index is 6.66. The second-order valence-corrected chi connectivity index (χ2v) is 11.9. The minimum Gasteiger partial charge on any atom is -0.402 e. The molecule has 2 aromatic rings. The molecule has 0 bridgehead atoms. The summed E-state index contributed by atoms with van der Waals surface area (Å²) in [6, 6.07) is 21.1. The van der Waals surface area contributed by atoms with Gasteiger partial charge in [0.1, 0.15) is 0 Å². The third-order valence-electron chi connectivity index (χ3n) is 4.14. The van der Waals surface area contributed by atoms with Crippen molar-refractivity contribution in [1.82, 2.24) is 0 Å². The van der Waals surface area contributed by atoms with E-state index in [0.717, 1.165) is 0 Å². The second-order valence-electron chi connectivity index (χ2n) is 6.76. The molecule has 0 aliphatic rings. The Balaban J connectivity index is 2.59. The largest absolute Gasteiger partial charge is 0.402 e. The Morgan fingerprint density at radius 3 is 1.79 bits per heavy atom. The SMILES string of the molecule is CC(C)(C)[Si](OC/C(Cl)=C/CCl)(c1ccccc1)c1ccccc1. The van der Waals surface area contributed by atoms with Crippen molar-refractivity contribution >= 4 is 41.9 Å². The van der Waals surface area contributed by atoms with Gasteiger partial charge in [-0.05, 0) is 15.4 Å². The molecule has 0 aliphatic heterocycles. The lowest BCUT2D eigenvalue weighted by atomic mass is 10.2. The first-order valence-electron chi connectivity index (χ1n) is 8.07. The van der Waals surface area contributed by atoms with Crippen LogP contribution in [0.15, 0.2) is 71.8 Å². The Labute approximate surface area is 156 Å². The Morgan fingerprint density at radius 1 is 0.958 bits per heavy atom. The van der Waals surface area contributed by atoms with Crippen molar-refractivity contribution in [2.75, 3.05) is 12.5 Å². The molecule has 0 N–H and O–H groups in total. The molecule has 0 aliphatic carbocycles. The Hall–Kier alpha value is -1.06. The van der Waals surface area contributed by atoms with Crippen molar-refractivity contribution in [3.63, 3.8) is 0 Å². The van der Waals surface area contributed by atoms with Crippen LogP contribution >= 0.6 is 23.2 Å². The summed E-state index contributed by atoms with van der Waals surface area (Å²) in [6.45, 7) is 7.12. The highest BCUT2D eigenvalue weighted by molar-refractivity contribution is 6.99. The normalized spacial score (nSPS) is 13.1. The average Bonchev–Trinajstić information content (AvgIpc) is 2.56. The van der Waals surface area contributed by atoms with Crippen molar-refractivity contribution in [1.29, 1.82) is 0 Å². The third kappa shape index (κ3) is 4.12. The first kappa shape index (κ1) is 19.3. The van der Waals surface area contributed by atoms with Crippen LogP contribution in [0.5, 0.6) is 0 Å². The topological polar surface area (TPSA) is 9.23 Å². The summed E-state index contributed by atoms with van der Waals surface area (Å²) in [4.78, 5) is 0. The van der Waals surface area contributed by atoms with Crippen LogP contribution in [0.3, 0.4) is 0 Å². The highest BCUT2D eigenvalue weighted by atomic mass is 35.5. The number of hydrogen-bond acceptors (Lipinski definition) is 1. The van der Waals surface area contributed by atoms with Crippen molar-refractivity contribution in [2.24, 2.45) is 0 Å². The van der Waals surface area contributed by atoms with E-state index in [-0.39, 0.29) is 5.04 Å². The van der Waals surface area contributed by atoms with Crippen LogP contribution in [0.25, 0.3) is 0 Å². The van der Waals surface area contributed by atoms with Crippen LogP contribution in [0.2, 0.25) is 5.04 Å². The van der Waals surface area contributed by atoms with Gasteiger partial charge in [-0.2, -0.15) is 0 Å². The quantitative estimate of drug-likeness (QED) is 0.511. The molecule has 0 saturated heterocycles. The fraction of sp³-hybridized carbons (Fsp3) is 0.300. The molecule has 0 atom stereocenters. The molecule has 128 valence electrons. The Kier molecular flexibility index (Phi) is 6.70. The van der Waals surface area contributed by atoms with Gasteiger partial charge in [-0.15, -0.1) is 11.6 Å². The molecule has 0 amide bonds. The summed E-state index contributed by atoms with van der Waals surface area (Å²) < 4.78 is 6.66. The number of alkyl halides is 1. The van der Waals surface area contributed by atoms with Gasteiger partial charge < -0.3 is 4.43 Å². The van der Waals surface area contributed by atoms with E-state index in [2.05, 4.69) is 69.3 Å². The van der Waals surface area contributed by atoms with Crippen LogP contribution in [0.1, 0.15) is 20.8 Å². The summed E-state index contributed by atoms with van der Waals surface area (Å²) in [5.74, 6) is 0.392. The van der Waals surface area contributed by atoms with Gasteiger partial charge >= 0.3 is 0 Å². The summed E-state index contributed by atoms with van der Waals surface area (Å²) in [7, 11) is -2.51. The maximum atomic E-state index is 6.66. The first-order chi connectivity index (χ1) is 11.4. The maximum Gasteiger partial charge on any atom is 0.261 e. The highest BCUT2D eigenvalue weighted by Gasteiger charge is 2.50. The van der Waals surface area contributed by atoms with Crippen LogP contribution in [-0.4, -0.2) is 20.8 Å². The van der Waals surface area contributed by atoms with E-state index < -0.39 is 8.32 Å². The molecule has 4 heteroatoms. The number of rotatable bonds is 6. The van der Waals surface area contributed by atoms with Crippen molar-refractivity contribution in [2.45, 2.75) is 25.8 Å². The monoisotopic (exact) mass is 378 g/mol. The lowest BCUT2D eigenvalue weighted by molar-refractivity contribution is 0.336. The lowest BCUT2D eigenvalue weighted by Gasteiger charge is -2.43. The summed E-state index contributed by atoms with van der Waals surface area (Å²) >= 11 is 12.1. The van der Waals surface area contributed by atoms with Gasteiger partial charge in [-0.25, -0.2) is 0 Å².